The number of aromatic nitrogens is 3. The molecular weight excluding hydrogens is 444 g/mol. The van der Waals surface area contributed by atoms with Gasteiger partial charge in [0.25, 0.3) is 5.91 Å². The predicted molar refractivity (Wildman–Crippen MR) is 128 cm³/mol. The van der Waals surface area contributed by atoms with Crippen LogP contribution in [0.3, 0.4) is 0 Å². The SMILES string of the molecule is CC(C)NN(Cc1ccnc(C#N)n1)C(=O)CN1CCCC2(CCN(Cc3ccncc3)C2=O)C1. The van der Waals surface area contributed by atoms with Crippen molar-refractivity contribution in [1.82, 2.24) is 35.2 Å². The van der Waals surface area contributed by atoms with E-state index in [1.807, 2.05) is 36.9 Å². The van der Waals surface area contributed by atoms with E-state index in [1.165, 1.54) is 6.20 Å². The van der Waals surface area contributed by atoms with Gasteiger partial charge < -0.3 is 4.90 Å². The summed E-state index contributed by atoms with van der Waals surface area (Å²) in [6.07, 6.45) is 7.58. The average Bonchev–Trinajstić information content (AvgIpc) is 3.13. The quantitative estimate of drug-likeness (QED) is 0.570. The van der Waals surface area contributed by atoms with E-state index in [0.717, 1.165) is 37.9 Å². The second kappa shape index (κ2) is 10.9. The molecule has 10 heteroatoms. The number of amides is 2. The Hall–Kier alpha value is -3.42. The molecule has 1 unspecified atom stereocenters. The van der Waals surface area contributed by atoms with Crippen LogP contribution in [0.1, 0.15) is 50.2 Å². The Labute approximate surface area is 205 Å². The van der Waals surface area contributed by atoms with Gasteiger partial charge in [-0.05, 0) is 63.4 Å². The van der Waals surface area contributed by atoms with Crippen LogP contribution in [0.5, 0.6) is 0 Å². The van der Waals surface area contributed by atoms with Gasteiger partial charge in [0.15, 0.2) is 0 Å². The number of hydrazine groups is 1. The molecule has 1 spiro atoms. The molecule has 2 aliphatic rings. The number of nitrogens with zero attached hydrogens (tertiary/aromatic N) is 7. The summed E-state index contributed by atoms with van der Waals surface area (Å²) in [5, 5.41) is 10.6. The van der Waals surface area contributed by atoms with Crippen molar-refractivity contribution in [3.8, 4) is 6.07 Å². The van der Waals surface area contributed by atoms with E-state index in [-0.39, 0.29) is 36.8 Å². The second-order valence-electron chi connectivity index (χ2n) is 9.67. The summed E-state index contributed by atoms with van der Waals surface area (Å²) in [6.45, 7) is 7.08. The topological polar surface area (TPSA) is 118 Å². The van der Waals surface area contributed by atoms with Gasteiger partial charge in [-0.1, -0.05) is 0 Å². The molecule has 2 saturated heterocycles. The Kier molecular flexibility index (Phi) is 7.68. The summed E-state index contributed by atoms with van der Waals surface area (Å²) in [6, 6.07) is 7.56. The zero-order valence-corrected chi connectivity index (χ0v) is 20.4. The number of piperidine rings is 1. The summed E-state index contributed by atoms with van der Waals surface area (Å²) >= 11 is 0. The van der Waals surface area contributed by atoms with Gasteiger partial charge in [0.1, 0.15) is 6.07 Å². The molecule has 2 fully saturated rings. The van der Waals surface area contributed by atoms with Gasteiger partial charge in [-0.25, -0.2) is 15.4 Å². The zero-order valence-electron chi connectivity index (χ0n) is 20.4. The second-order valence-corrected chi connectivity index (χ2v) is 9.67. The Morgan fingerprint density at radius 2 is 2.03 bits per heavy atom. The molecular formula is C25H32N8O2. The Bertz CT molecular complexity index is 1090. The third kappa shape index (κ3) is 5.99. The summed E-state index contributed by atoms with van der Waals surface area (Å²) in [7, 11) is 0. The van der Waals surface area contributed by atoms with Crippen molar-refractivity contribution in [3.05, 3.63) is 53.9 Å². The van der Waals surface area contributed by atoms with E-state index in [4.69, 9.17) is 5.26 Å². The minimum atomic E-state index is -0.420. The lowest BCUT2D eigenvalue weighted by molar-refractivity contribution is -0.143. The minimum Gasteiger partial charge on any atom is -0.338 e. The van der Waals surface area contributed by atoms with Gasteiger partial charge in [-0.15, -0.1) is 0 Å². The largest absolute Gasteiger partial charge is 0.338 e. The molecule has 0 saturated carbocycles. The Morgan fingerprint density at radius 1 is 1.23 bits per heavy atom. The highest BCUT2D eigenvalue weighted by Gasteiger charge is 2.48. The van der Waals surface area contributed by atoms with E-state index in [0.29, 0.717) is 18.8 Å². The van der Waals surface area contributed by atoms with E-state index in [1.54, 1.807) is 23.5 Å². The van der Waals surface area contributed by atoms with Crippen LogP contribution in [0.25, 0.3) is 0 Å². The number of nitriles is 1. The van der Waals surface area contributed by atoms with Crippen molar-refractivity contribution in [2.24, 2.45) is 5.41 Å². The molecule has 0 aromatic carbocycles. The number of carbonyl (C=O) groups excluding carboxylic acids is 2. The number of pyridine rings is 1. The molecule has 0 aliphatic carbocycles. The molecule has 10 nitrogen and oxygen atoms in total. The summed E-state index contributed by atoms with van der Waals surface area (Å²) in [4.78, 5) is 42.9. The predicted octanol–water partition coefficient (Wildman–Crippen LogP) is 1.50. The van der Waals surface area contributed by atoms with Gasteiger partial charge in [-0.2, -0.15) is 5.26 Å². The van der Waals surface area contributed by atoms with Gasteiger partial charge in [0.05, 0.1) is 24.2 Å². The lowest BCUT2D eigenvalue weighted by Crippen LogP contribution is -2.53. The maximum Gasteiger partial charge on any atom is 0.251 e. The standard InChI is InChI=1S/C25H32N8O2/c1-19(2)30-33(16-21-6-11-28-22(14-26)29-21)23(34)17-31-12-3-7-25(18-31)8-13-32(24(25)35)15-20-4-9-27-10-5-20/h4-6,9-11,19,30H,3,7-8,12-13,15-18H2,1-2H3. The van der Waals surface area contributed by atoms with Crippen LogP contribution in [0.15, 0.2) is 36.8 Å². The van der Waals surface area contributed by atoms with Crippen LogP contribution in [-0.4, -0.2) is 73.8 Å². The van der Waals surface area contributed by atoms with Crippen LogP contribution < -0.4 is 5.43 Å². The lowest BCUT2D eigenvalue weighted by Gasteiger charge is -2.39. The van der Waals surface area contributed by atoms with Gasteiger partial charge in [0.2, 0.25) is 11.7 Å². The highest BCUT2D eigenvalue weighted by molar-refractivity contribution is 5.85. The van der Waals surface area contributed by atoms with E-state index in [2.05, 4.69) is 25.3 Å². The van der Waals surface area contributed by atoms with Crippen molar-refractivity contribution >= 4 is 11.8 Å². The van der Waals surface area contributed by atoms with E-state index < -0.39 is 5.41 Å². The molecule has 1 atom stereocenters. The van der Waals surface area contributed by atoms with Crippen molar-refractivity contribution in [3.63, 3.8) is 0 Å². The molecule has 2 aromatic heterocycles. The Morgan fingerprint density at radius 3 is 2.77 bits per heavy atom. The molecule has 2 aromatic rings. The molecule has 4 heterocycles. The highest BCUT2D eigenvalue weighted by atomic mass is 16.2. The summed E-state index contributed by atoms with van der Waals surface area (Å²) in [5.74, 6) is 0.175. The maximum atomic E-state index is 13.4. The lowest BCUT2D eigenvalue weighted by atomic mass is 9.78. The summed E-state index contributed by atoms with van der Waals surface area (Å²) < 4.78 is 0. The molecule has 1 N–H and O–H groups in total. The monoisotopic (exact) mass is 476 g/mol. The van der Waals surface area contributed by atoms with Crippen molar-refractivity contribution in [2.75, 3.05) is 26.2 Å². The molecule has 2 aliphatic heterocycles. The molecule has 0 bridgehead atoms. The van der Waals surface area contributed by atoms with Crippen LogP contribution in [0, 0.1) is 16.7 Å². The molecule has 2 amide bonds. The number of hydrogen-bond acceptors (Lipinski definition) is 8. The molecule has 0 radical (unpaired) electrons. The first-order valence-corrected chi connectivity index (χ1v) is 12.1. The number of nitrogens with one attached hydrogen (secondary N) is 1. The maximum absolute atomic E-state index is 13.4. The first-order valence-electron chi connectivity index (χ1n) is 12.1. The zero-order chi connectivity index (χ0) is 24.8. The molecule has 4 rings (SSSR count). The minimum absolute atomic E-state index is 0.0436. The normalized spacial score (nSPS) is 20.4. The van der Waals surface area contributed by atoms with Crippen molar-refractivity contribution in [1.29, 1.82) is 5.26 Å². The Balaban J connectivity index is 1.40. The first kappa shape index (κ1) is 24.7. The number of likely N-dealkylation sites (tertiary alicyclic amines) is 2. The fraction of sp³-hybridized carbons (Fsp3) is 0.520. The van der Waals surface area contributed by atoms with Crippen LogP contribution in [-0.2, 0) is 22.7 Å². The van der Waals surface area contributed by atoms with E-state index in [9.17, 15) is 9.59 Å². The van der Waals surface area contributed by atoms with Gasteiger partial charge in [0, 0.05) is 44.3 Å². The fourth-order valence-electron chi connectivity index (χ4n) is 4.99. The van der Waals surface area contributed by atoms with Crippen LogP contribution in [0.4, 0.5) is 0 Å². The van der Waals surface area contributed by atoms with Crippen molar-refractivity contribution in [2.45, 2.75) is 52.2 Å². The van der Waals surface area contributed by atoms with Crippen molar-refractivity contribution < 1.29 is 9.59 Å². The van der Waals surface area contributed by atoms with Gasteiger partial charge >= 0.3 is 0 Å². The molecule has 35 heavy (non-hydrogen) atoms. The highest BCUT2D eigenvalue weighted by Crippen LogP contribution is 2.40. The average molecular weight is 477 g/mol. The van der Waals surface area contributed by atoms with Gasteiger partial charge in [-0.3, -0.25) is 24.5 Å². The number of hydrogen-bond donors (Lipinski definition) is 1. The fourth-order valence-corrected chi connectivity index (χ4v) is 4.99. The van der Waals surface area contributed by atoms with E-state index >= 15 is 0 Å². The van der Waals surface area contributed by atoms with Crippen LogP contribution in [0.2, 0.25) is 0 Å². The summed E-state index contributed by atoms with van der Waals surface area (Å²) in [5.41, 5.74) is 4.44. The molecule has 184 valence electrons. The smallest absolute Gasteiger partial charge is 0.251 e. The number of rotatable bonds is 8. The number of carbonyl (C=O) groups is 2. The van der Waals surface area contributed by atoms with Crippen LogP contribution >= 0.6 is 0 Å². The third-order valence-corrected chi connectivity index (χ3v) is 6.59. The first-order chi connectivity index (χ1) is 16.9. The third-order valence-electron chi connectivity index (χ3n) is 6.59.